The number of piperidine rings is 1. The molecule has 0 aromatic heterocycles. The first-order chi connectivity index (χ1) is 9.75. The van der Waals surface area contributed by atoms with Gasteiger partial charge in [0.25, 0.3) is 0 Å². The lowest BCUT2D eigenvalue weighted by molar-refractivity contribution is -0.0662. The molecule has 0 N–H and O–H groups in total. The van der Waals surface area contributed by atoms with Gasteiger partial charge in [0.2, 0.25) is 0 Å². The van der Waals surface area contributed by atoms with Gasteiger partial charge in [-0.15, -0.1) is 0 Å². The highest BCUT2D eigenvalue weighted by Gasteiger charge is 2.46. The lowest BCUT2D eigenvalue weighted by atomic mass is 9.81. The van der Waals surface area contributed by atoms with E-state index in [9.17, 15) is 0 Å². The molecular formula is C16H22IN3. The fourth-order valence-electron chi connectivity index (χ4n) is 4.20. The number of hydrogen-bond acceptors (Lipinski definition) is 3. The van der Waals surface area contributed by atoms with Crippen molar-refractivity contribution in [2.24, 2.45) is 0 Å². The molecule has 0 unspecified atom stereocenters. The molecule has 0 aliphatic carbocycles. The Kier molecular flexibility index (Phi) is 3.43. The van der Waals surface area contributed by atoms with Crippen LogP contribution in [0.5, 0.6) is 0 Å². The van der Waals surface area contributed by atoms with Crippen LogP contribution in [0.2, 0.25) is 0 Å². The van der Waals surface area contributed by atoms with E-state index in [0.717, 1.165) is 0 Å². The molecule has 20 heavy (non-hydrogen) atoms. The summed E-state index contributed by atoms with van der Waals surface area (Å²) in [4.78, 5) is 8.04. The van der Waals surface area contributed by atoms with Gasteiger partial charge in [0.05, 0.1) is 0 Å². The number of nitrogens with zero attached hydrogens (tertiary/aromatic N) is 3. The van der Waals surface area contributed by atoms with Crippen molar-refractivity contribution in [2.75, 3.05) is 50.7 Å². The molecule has 4 heteroatoms. The molecule has 4 saturated heterocycles. The predicted molar refractivity (Wildman–Crippen MR) is 91.4 cm³/mol. The summed E-state index contributed by atoms with van der Waals surface area (Å²) in [7, 11) is 0. The second-order valence-electron chi connectivity index (χ2n) is 6.45. The first kappa shape index (κ1) is 13.3. The van der Waals surface area contributed by atoms with Crippen LogP contribution in [0.15, 0.2) is 24.3 Å². The highest BCUT2D eigenvalue weighted by atomic mass is 127. The zero-order valence-electron chi connectivity index (χ0n) is 11.9. The molecule has 0 radical (unpaired) electrons. The van der Waals surface area contributed by atoms with Crippen molar-refractivity contribution in [1.29, 1.82) is 0 Å². The van der Waals surface area contributed by atoms with Gasteiger partial charge in [-0.3, -0.25) is 9.80 Å². The molecular weight excluding hydrogens is 361 g/mol. The van der Waals surface area contributed by atoms with Crippen molar-refractivity contribution in [3.8, 4) is 0 Å². The molecule has 4 heterocycles. The molecule has 4 aliphatic rings. The Morgan fingerprint density at radius 3 is 2.05 bits per heavy atom. The smallest absolute Gasteiger partial charge is 0.0371 e. The second-order valence-corrected chi connectivity index (χ2v) is 7.70. The number of anilines is 1. The third-order valence-electron chi connectivity index (χ3n) is 5.45. The summed E-state index contributed by atoms with van der Waals surface area (Å²) in [5.41, 5.74) is 1.90. The van der Waals surface area contributed by atoms with E-state index < -0.39 is 0 Å². The maximum Gasteiger partial charge on any atom is 0.0371 e. The molecule has 0 saturated carbocycles. The first-order valence-electron chi connectivity index (χ1n) is 7.73. The Balaban J connectivity index is 1.46. The molecule has 4 aliphatic heterocycles. The molecule has 1 aromatic rings. The number of fused-ring (bicyclic) bond motifs is 2. The molecule has 3 nitrogen and oxygen atoms in total. The van der Waals surface area contributed by atoms with Crippen LogP contribution < -0.4 is 4.90 Å². The minimum absolute atomic E-state index is 0.496. The fraction of sp³-hybridized carbons (Fsp3) is 0.625. The van der Waals surface area contributed by atoms with Gasteiger partial charge >= 0.3 is 0 Å². The number of halogens is 1. The van der Waals surface area contributed by atoms with Gasteiger partial charge in [0, 0.05) is 60.6 Å². The van der Waals surface area contributed by atoms with Crippen molar-refractivity contribution < 1.29 is 0 Å². The Bertz CT molecular complexity index is 471. The highest BCUT2D eigenvalue weighted by Crippen LogP contribution is 2.36. The van der Waals surface area contributed by atoms with Crippen molar-refractivity contribution in [3.63, 3.8) is 0 Å². The van der Waals surface area contributed by atoms with Crippen LogP contribution in [0.25, 0.3) is 0 Å². The van der Waals surface area contributed by atoms with Crippen molar-refractivity contribution in [1.82, 2.24) is 9.80 Å². The van der Waals surface area contributed by atoms with E-state index in [1.165, 1.54) is 67.9 Å². The van der Waals surface area contributed by atoms with Crippen molar-refractivity contribution >= 4 is 28.3 Å². The monoisotopic (exact) mass is 383 g/mol. The zero-order chi connectivity index (χ0) is 13.6. The normalized spacial score (nSPS) is 31.8. The van der Waals surface area contributed by atoms with Gasteiger partial charge in [-0.2, -0.15) is 0 Å². The summed E-state index contributed by atoms with van der Waals surface area (Å²) in [6.07, 6.45) is 2.66. The predicted octanol–water partition coefficient (Wildman–Crippen LogP) is 2.26. The van der Waals surface area contributed by atoms with Gasteiger partial charge in [-0.05, 0) is 59.7 Å². The molecule has 2 bridgehead atoms. The summed E-state index contributed by atoms with van der Waals surface area (Å²) >= 11 is 2.38. The Hall–Kier alpha value is -0.330. The highest BCUT2D eigenvalue weighted by molar-refractivity contribution is 14.1. The topological polar surface area (TPSA) is 9.72 Å². The summed E-state index contributed by atoms with van der Waals surface area (Å²) < 4.78 is 1.32. The quantitative estimate of drug-likeness (QED) is 0.689. The molecule has 4 fully saturated rings. The molecule has 1 spiro atoms. The van der Waals surface area contributed by atoms with Gasteiger partial charge < -0.3 is 4.90 Å². The van der Waals surface area contributed by atoms with Crippen molar-refractivity contribution in [2.45, 2.75) is 18.4 Å². The second kappa shape index (κ2) is 5.14. The average Bonchev–Trinajstić information content (AvgIpc) is 2.50. The third-order valence-corrected chi connectivity index (χ3v) is 6.17. The Morgan fingerprint density at radius 2 is 1.50 bits per heavy atom. The molecule has 1 aromatic carbocycles. The van der Waals surface area contributed by atoms with E-state index in [1.54, 1.807) is 0 Å². The lowest BCUT2D eigenvalue weighted by Crippen LogP contribution is -2.70. The van der Waals surface area contributed by atoms with Crippen LogP contribution in [0.1, 0.15) is 12.8 Å². The molecule has 108 valence electrons. The fourth-order valence-corrected chi connectivity index (χ4v) is 4.56. The van der Waals surface area contributed by atoms with E-state index in [4.69, 9.17) is 0 Å². The Morgan fingerprint density at radius 1 is 0.850 bits per heavy atom. The molecule has 5 rings (SSSR count). The van der Waals surface area contributed by atoms with Crippen molar-refractivity contribution in [3.05, 3.63) is 27.8 Å². The standard InChI is InChI=1S/C16H22IN3/c17-14-1-3-15(4-2-14)19-7-5-16(6-8-19)13-18-9-11-20(16)12-10-18/h1-4H,5-13H2. The summed E-state index contributed by atoms with van der Waals surface area (Å²) in [6.45, 7) is 8.92. The Labute approximate surface area is 135 Å². The molecule has 0 atom stereocenters. The number of hydrogen-bond donors (Lipinski definition) is 0. The van der Waals surface area contributed by atoms with Crippen LogP contribution in [-0.4, -0.2) is 61.2 Å². The van der Waals surface area contributed by atoms with Crippen LogP contribution in [-0.2, 0) is 0 Å². The maximum atomic E-state index is 2.79. The zero-order valence-corrected chi connectivity index (χ0v) is 14.1. The number of benzene rings is 1. The van der Waals surface area contributed by atoms with Gasteiger partial charge in [0.1, 0.15) is 0 Å². The largest absolute Gasteiger partial charge is 0.371 e. The van der Waals surface area contributed by atoms with E-state index in [-0.39, 0.29) is 0 Å². The summed E-state index contributed by atoms with van der Waals surface area (Å²) in [5.74, 6) is 0. The van der Waals surface area contributed by atoms with E-state index in [2.05, 4.69) is 61.6 Å². The lowest BCUT2D eigenvalue weighted by Gasteiger charge is -2.58. The SMILES string of the molecule is Ic1ccc(N2CCC3(CC2)CN2CCN3CC2)cc1. The maximum absolute atomic E-state index is 2.79. The summed E-state index contributed by atoms with van der Waals surface area (Å²) in [6, 6.07) is 8.99. The van der Waals surface area contributed by atoms with Crippen LogP contribution in [0.4, 0.5) is 5.69 Å². The first-order valence-corrected chi connectivity index (χ1v) is 8.81. The number of piperazine rings is 3. The minimum Gasteiger partial charge on any atom is -0.371 e. The van der Waals surface area contributed by atoms with Gasteiger partial charge in [0.15, 0.2) is 0 Å². The van der Waals surface area contributed by atoms with Gasteiger partial charge in [-0.1, -0.05) is 0 Å². The molecule has 0 amide bonds. The summed E-state index contributed by atoms with van der Waals surface area (Å²) in [5, 5.41) is 0. The van der Waals surface area contributed by atoms with E-state index in [0.29, 0.717) is 5.54 Å². The third kappa shape index (κ3) is 2.25. The average molecular weight is 383 g/mol. The van der Waals surface area contributed by atoms with E-state index >= 15 is 0 Å². The van der Waals surface area contributed by atoms with E-state index in [1.807, 2.05) is 0 Å². The van der Waals surface area contributed by atoms with Crippen LogP contribution in [0.3, 0.4) is 0 Å². The minimum atomic E-state index is 0.496. The number of rotatable bonds is 1. The van der Waals surface area contributed by atoms with Gasteiger partial charge in [-0.25, -0.2) is 0 Å². The van der Waals surface area contributed by atoms with Crippen LogP contribution >= 0.6 is 22.6 Å². The van der Waals surface area contributed by atoms with Crippen LogP contribution in [0, 0.1) is 3.57 Å².